The number of nitrogens with zero attached hydrogens (tertiary/aromatic N) is 1. The Balaban J connectivity index is 2.20. The van der Waals surface area contributed by atoms with Crippen molar-refractivity contribution in [1.29, 1.82) is 0 Å². The molecule has 0 bridgehead atoms. The van der Waals surface area contributed by atoms with Crippen molar-refractivity contribution in [2.45, 2.75) is 19.0 Å². The number of halogens is 3. The Morgan fingerprint density at radius 2 is 2.10 bits per heavy atom. The van der Waals surface area contributed by atoms with Gasteiger partial charge < -0.3 is 20.1 Å². The highest BCUT2D eigenvalue weighted by Crippen LogP contribution is 2.16. The molecule has 1 atom stereocenters. The Hall–Kier alpha value is -1.51. The molecule has 1 aliphatic heterocycles. The van der Waals surface area contributed by atoms with E-state index >= 15 is 0 Å². The fourth-order valence-corrected chi connectivity index (χ4v) is 1.89. The SMILES string of the molecule is O=C(O)[C@@H]1CCCN(C(=O)NCCOCC(F)(F)F)C1. The molecule has 0 aromatic rings. The molecule has 0 radical (unpaired) electrons. The van der Waals surface area contributed by atoms with Gasteiger partial charge in [-0.15, -0.1) is 0 Å². The highest BCUT2D eigenvalue weighted by Gasteiger charge is 2.28. The number of carboxylic acids is 1. The number of piperidine rings is 1. The van der Waals surface area contributed by atoms with Crippen molar-refractivity contribution >= 4 is 12.0 Å². The first kappa shape index (κ1) is 16.5. The predicted octanol–water partition coefficient (Wildman–Crippen LogP) is 1.07. The lowest BCUT2D eigenvalue weighted by Gasteiger charge is -2.30. The topological polar surface area (TPSA) is 78.9 Å². The highest BCUT2D eigenvalue weighted by molar-refractivity contribution is 5.76. The Kier molecular flexibility index (Phi) is 6.05. The average molecular weight is 298 g/mol. The van der Waals surface area contributed by atoms with Crippen molar-refractivity contribution < 1.29 is 32.6 Å². The molecule has 1 aliphatic rings. The zero-order valence-electron chi connectivity index (χ0n) is 10.8. The third-order valence-electron chi connectivity index (χ3n) is 2.85. The summed E-state index contributed by atoms with van der Waals surface area (Å²) in [5, 5.41) is 11.3. The van der Waals surface area contributed by atoms with Gasteiger partial charge in [0.1, 0.15) is 6.61 Å². The van der Waals surface area contributed by atoms with Crippen LogP contribution in [0.4, 0.5) is 18.0 Å². The van der Waals surface area contributed by atoms with Crippen LogP contribution in [-0.2, 0) is 9.53 Å². The van der Waals surface area contributed by atoms with E-state index in [0.717, 1.165) is 0 Å². The summed E-state index contributed by atoms with van der Waals surface area (Å²) in [4.78, 5) is 23.9. The summed E-state index contributed by atoms with van der Waals surface area (Å²) in [5.41, 5.74) is 0. The Bertz CT molecular complexity index is 349. The van der Waals surface area contributed by atoms with Gasteiger partial charge in [0.05, 0.1) is 12.5 Å². The van der Waals surface area contributed by atoms with Crippen LogP contribution in [0.25, 0.3) is 0 Å². The van der Waals surface area contributed by atoms with Crippen molar-refractivity contribution in [3.8, 4) is 0 Å². The maximum Gasteiger partial charge on any atom is 0.411 e. The summed E-state index contributed by atoms with van der Waals surface area (Å²) in [6.45, 7) is -1.10. The number of rotatable bonds is 5. The van der Waals surface area contributed by atoms with Crippen LogP contribution in [0.3, 0.4) is 0 Å². The van der Waals surface area contributed by atoms with E-state index in [2.05, 4.69) is 10.1 Å². The first-order chi connectivity index (χ1) is 9.29. The van der Waals surface area contributed by atoms with E-state index in [1.165, 1.54) is 4.90 Å². The Labute approximate surface area is 113 Å². The van der Waals surface area contributed by atoms with Crippen molar-refractivity contribution in [2.24, 2.45) is 5.92 Å². The van der Waals surface area contributed by atoms with Gasteiger partial charge in [0, 0.05) is 19.6 Å². The zero-order chi connectivity index (χ0) is 15.2. The molecule has 1 fully saturated rings. The molecule has 1 saturated heterocycles. The zero-order valence-corrected chi connectivity index (χ0v) is 10.8. The van der Waals surface area contributed by atoms with Gasteiger partial charge in [-0.05, 0) is 12.8 Å². The smallest absolute Gasteiger partial charge is 0.411 e. The molecule has 9 heteroatoms. The van der Waals surface area contributed by atoms with Gasteiger partial charge >= 0.3 is 18.2 Å². The molecule has 0 saturated carbocycles. The number of urea groups is 1. The van der Waals surface area contributed by atoms with Crippen molar-refractivity contribution in [3.63, 3.8) is 0 Å². The van der Waals surface area contributed by atoms with Gasteiger partial charge in [-0.2, -0.15) is 13.2 Å². The van der Waals surface area contributed by atoms with Gasteiger partial charge in [0.15, 0.2) is 0 Å². The number of carbonyl (C=O) groups excluding carboxylic acids is 1. The molecule has 116 valence electrons. The van der Waals surface area contributed by atoms with Gasteiger partial charge in [0.2, 0.25) is 0 Å². The van der Waals surface area contributed by atoms with Crippen LogP contribution >= 0.6 is 0 Å². The van der Waals surface area contributed by atoms with E-state index in [0.29, 0.717) is 19.4 Å². The number of ether oxygens (including phenoxy) is 1. The normalized spacial score (nSPS) is 19.8. The maximum absolute atomic E-state index is 11.8. The fraction of sp³-hybridized carbons (Fsp3) is 0.818. The molecule has 2 amide bonds. The monoisotopic (exact) mass is 298 g/mol. The average Bonchev–Trinajstić information content (AvgIpc) is 2.37. The molecule has 0 spiro atoms. The quantitative estimate of drug-likeness (QED) is 0.744. The van der Waals surface area contributed by atoms with E-state index in [9.17, 15) is 22.8 Å². The van der Waals surface area contributed by atoms with Crippen LogP contribution in [0.1, 0.15) is 12.8 Å². The number of carboxylic acid groups (broad SMARTS) is 1. The van der Waals surface area contributed by atoms with Gasteiger partial charge in [-0.1, -0.05) is 0 Å². The van der Waals surface area contributed by atoms with E-state index < -0.39 is 30.7 Å². The van der Waals surface area contributed by atoms with E-state index in [1.807, 2.05) is 0 Å². The maximum atomic E-state index is 11.8. The van der Waals surface area contributed by atoms with Gasteiger partial charge in [-0.3, -0.25) is 4.79 Å². The number of carbonyl (C=O) groups is 2. The molecule has 6 nitrogen and oxygen atoms in total. The van der Waals surface area contributed by atoms with Crippen molar-refractivity contribution in [1.82, 2.24) is 10.2 Å². The molecule has 0 aromatic heterocycles. The van der Waals surface area contributed by atoms with E-state index in [4.69, 9.17) is 5.11 Å². The van der Waals surface area contributed by atoms with E-state index in [-0.39, 0.29) is 19.7 Å². The van der Waals surface area contributed by atoms with Gasteiger partial charge in [0.25, 0.3) is 0 Å². The second-order valence-electron chi connectivity index (χ2n) is 4.52. The van der Waals surface area contributed by atoms with Crippen LogP contribution in [0.2, 0.25) is 0 Å². The largest absolute Gasteiger partial charge is 0.481 e. The first-order valence-corrected chi connectivity index (χ1v) is 6.19. The number of aliphatic carboxylic acids is 1. The third kappa shape index (κ3) is 6.09. The summed E-state index contributed by atoms with van der Waals surface area (Å²) in [7, 11) is 0. The first-order valence-electron chi connectivity index (χ1n) is 6.19. The second kappa shape index (κ2) is 7.32. The summed E-state index contributed by atoms with van der Waals surface area (Å²) >= 11 is 0. The number of hydrogen-bond acceptors (Lipinski definition) is 3. The van der Waals surface area contributed by atoms with Crippen LogP contribution in [-0.4, -0.2) is 61.0 Å². The lowest BCUT2D eigenvalue weighted by molar-refractivity contribution is -0.173. The molecule has 0 aromatic carbocycles. The summed E-state index contributed by atoms with van der Waals surface area (Å²) < 4.78 is 39.7. The Morgan fingerprint density at radius 1 is 1.40 bits per heavy atom. The van der Waals surface area contributed by atoms with Crippen molar-refractivity contribution in [2.75, 3.05) is 32.8 Å². The predicted molar refractivity (Wildman–Crippen MR) is 62.2 cm³/mol. The number of likely N-dealkylation sites (tertiary alicyclic amines) is 1. The minimum absolute atomic E-state index is 0.0524. The summed E-state index contributed by atoms with van der Waals surface area (Å²) in [6, 6.07) is -0.480. The van der Waals surface area contributed by atoms with Crippen LogP contribution in [0, 0.1) is 5.92 Å². The summed E-state index contributed by atoms with van der Waals surface area (Å²) in [5.74, 6) is -1.54. The van der Waals surface area contributed by atoms with Crippen LogP contribution in [0.15, 0.2) is 0 Å². The number of nitrogens with one attached hydrogen (secondary N) is 1. The standard InChI is InChI=1S/C11H17F3N2O4/c12-11(13,14)7-20-5-3-15-10(19)16-4-1-2-8(6-16)9(17)18/h8H,1-7H2,(H,15,19)(H,17,18)/t8-/m1/s1. The van der Waals surface area contributed by atoms with E-state index in [1.54, 1.807) is 0 Å². The number of alkyl halides is 3. The molecule has 1 heterocycles. The number of amides is 2. The number of hydrogen-bond donors (Lipinski definition) is 2. The summed E-state index contributed by atoms with van der Waals surface area (Å²) in [6.07, 6.45) is -3.27. The second-order valence-corrected chi connectivity index (χ2v) is 4.52. The lowest BCUT2D eigenvalue weighted by atomic mass is 9.99. The molecular formula is C11H17F3N2O4. The fourth-order valence-electron chi connectivity index (χ4n) is 1.89. The molecule has 20 heavy (non-hydrogen) atoms. The molecule has 1 rings (SSSR count). The molecular weight excluding hydrogens is 281 g/mol. The third-order valence-corrected chi connectivity index (χ3v) is 2.85. The molecule has 2 N–H and O–H groups in total. The van der Waals surface area contributed by atoms with Gasteiger partial charge in [-0.25, -0.2) is 4.79 Å². The Morgan fingerprint density at radius 3 is 2.70 bits per heavy atom. The van der Waals surface area contributed by atoms with Crippen LogP contribution in [0.5, 0.6) is 0 Å². The molecule has 0 aliphatic carbocycles. The minimum atomic E-state index is -4.38. The van der Waals surface area contributed by atoms with Crippen LogP contribution < -0.4 is 5.32 Å². The van der Waals surface area contributed by atoms with Crippen molar-refractivity contribution in [3.05, 3.63) is 0 Å². The minimum Gasteiger partial charge on any atom is -0.481 e. The lowest BCUT2D eigenvalue weighted by Crippen LogP contribution is -2.47. The highest BCUT2D eigenvalue weighted by atomic mass is 19.4. The molecule has 0 unspecified atom stereocenters.